The second-order valence-corrected chi connectivity index (χ2v) is 4.57. The Morgan fingerprint density at radius 2 is 2.05 bits per heavy atom. The number of anilines is 1. The number of benzene rings is 1. The lowest BCUT2D eigenvalue weighted by Gasteiger charge is -2.10. The van der Waals surface area contributed by atoms with Crippen LogP contribution < -0.4 is 5.32 Å². The molecule has 1 rings (SSSR count). The Morgan fingerprint density at radius 3 is 2.70 bits per heavy atom. The largest absolute Gasteiger partial charge is 0.478 e. The molecule has 0 aromatic heterocycles. The number of hydrogen-bond donors (Lipinski definition) is 2. The summed E-state index contributed by atoms with van der Waals surface area (Å²) in [6.07, 6.45) is 2.00. The van der Waals surface area contributed by atoms with E-state index in [0.29, 0.717) is 18.8 Å². The van der Waals surface area contributed by atoms with E-state index >= 15 is 0 Å². The maximum absolute atomic E-state index is 10.8. The minimum atomic E-state index is -0.896. The van der Waals surface area contributed by atoms with Gasteiger partial charge >= 0.3 is 5.97 Å². The molecule has 112 valence electrons. The fourth-order valence-electron chi connectivity index (χ4n) is 1.79. The summed E-state index contributed by atoms with van der Waals surface area (Å²) in [5.41, 5.74) is 2.25. The van der Waals surface area contributed by atoms with Gasteiger partial charge < -0.3 is 19.9 Å². The number of carbonyl (C=O) groups is 1. The molecule has 0 bridgehead atoms. The molecule has 0 radical (unpaired) electrons. The first-order valence-corrected chi connectivity index (χ1v) is 6.79. The molecule has 1 aromatic rings. The van der Waals surface area contributed by atoms with Crippen LogP contribution in [0.25, 0.3) is 0 Å². The number of ether oxygens (including phenoxy) is 2. The number of hydrogen-bond acceptors (Lipinski definition) is 4. The number of aryl methyl sites for hydroxylation is 1. The van der Waals surface area contributed by atoms with Gasteiger partial charge in [0.1, 0.15) is 0 Å². The van der Waals surface area contributed by atoms with Crippen LogP contribution in [0.1, 0.15) is 28.8 Å². The van der Waals surface area contributed by atoms with E-state index in [1.54, 1.807) is 19.2 Å². The van der Waals surface area contributed by atoms with Crippen molar-refractivity contribution in [2.45, 2.75) is 19.8 Å². The van der Waals surface area contributed by atoms with Crippen molar-refractivity contribution in [1.29, 1.82) is 0 Å². The van der Waals surface area contributed by atoms with Crippen molar-refractivity contribution in [2.24, 2.45) is 0 Å². The number of rotatable bonds is 10. The molecule has 1 aromatic carbocycles. The predicted octanol–water partition coefficient (Wildman–Crippen LogP) is 2.55. The smallest absolute Gasteiger partial charge is 0.335 e. The van der Waals surface area contributed by atoms with Crippen molar-refractivity contribution in [3.63, 3.8) is 0 Å². The molecular formula is C15H23NO4. The highest BCUT2D eigenvalue weighted by molar-refractivity contribution is 5.88. The normalized spacial score (nSPS) is 10.5. The van der Waals surface area contributed by atoms with Crippen molar-refractivity contribution < 1.29 is 19.4 Å². The molecule has 0 saturated carbocycles. The lowest BCUT2D eigenvalue weighted by atomic mass is 10.1. The molecule has 0 unspecified atom stereocenters. The first-order chi connectivity index (χ1) is 9.65. The van der Waals surface area contributed by atoms with Gasteiger partial charge in [0, 0.05) is 25.9 Å². The van der Waals surface area contributed by atoms with E-state index < -0.39 is 5.97 Å². The summed E-state index contributed by atoms with van der Waals surface area (Å²) in [5, 5.41) is 12.2. The van der Waals surface area contributed by atoms with Crippen LogP contribution in [-0.2, 0) is 9.47 Å². The number of aromatic carboxylic acids is 1. The topological polar surface area (TPSA) is 67.8 Å². The molecule has 0 amide bonds. The molecule has 0 fully saturated rings. The van der Waals surface area contributed by atoms with Crippen LogP contribution in [0.2, 0.25) is 0 Å². The van der Waals surface area contributed by atoms with Crippen LogP contribution in [-0.4, -0.2) is 44.6 Å². The van der Waals surface area contributed by atoms with Gasteiger partial charge in [0.05, 0.1) is 18.8 Å². The van der Waals surface area contributed by atoms with Gasteiger partial charge in [-0.15, -0.1) is 0 Å². The van der Waals surface area contributed by atoms with Gasteiger partial charge in [-0.25, -0.2) is 4.79 Å². The highest BCUT2D eigenvalue weighted by atomic mass is 16.5. The number of methoxy groups -OCH3 is 1. The summed E-state index contributed by atoms with van der Waals surface area (Å²) < 4.78 is 10.3. The van der Waals surface area contributed by atoms with E-state index in [4.69, 9.17) is 14.6 Å². The maximum Gasteiger partial charge on any atom is 0.335 e. The first-order valence-electron chi connectivity index (χ1n) is 6.79. The number of unbranched alkanes of at least 4 members (excludes halogenated alkanes) is 1. The van der Waals surface area contributed by atoms with Gasteiger partial charge in [-0.05, 0) is 43.5 Å². The average Bonchev–Trinajstić information content (AvgIpc) is 2.43. The Bertz CT molecular complexity index is 420. The van der Waals surface area contributed by atoms with E-state index in [1.807, 2.05) is 13.0 Å². The van der Waals surface area contributed by atoms with Crippen LogP contribution in [0.5, 0.6) is 0 Å². The Morgan fingerprint density at radius 1 is 1.25 bits per heavy atom. The van der Waals surface area contributed by atoms with Crippen molar-refractivity contribution in [3.05, 3.63) is 29.3 Å². The second-order valence-electron chi connectivity index (χ2n) is 4.57. The number of nitrogens with one attached hydrogen (secondary N) is 1. The lowest BCUT2D eigenvalue weighted by Crippen LogP contribution is -2.07. The van der Waals surface area contributed by atoms with Crippen molar-refractivity contribution >= 4 is 11.7 Å². The Kier molecular flexibility index (Phi) is 7.69. The van der Waals surface area contributed by atoms with Gasteiger partial charge in [-0.2, -0.15) is 0 Å². The molecule has 0 atom stereocenters. The SMILES string of the molecule is COCCOCCCCNc1ccc(C(=O)O)cc1C. The molecule has 0 aliphatic carbocycles. The minimum absolute atomic E-state index is 0.319. The third-order valence-electron chi connectivity index (χ3n) is 2.94. The zero-order chi connectivity index (χ0) is 14.8. The molecule has 0 aliphatic rings. The standard InChI is InChI=1S/C15H23NO4/c1-12-11-13(15(17)18)5-6-14(12)16-7-3-4-8-20-10-9-19-2/h5-6,11,16H,3-4,7-10H2,1-2H3,(H,17,18). The minimum Gasteiger partial charge on any atom is -0.478 e. The molecule has 5 heteroatoms. The number of carboxylic acid groups (broad SMARTS) is 1. The van der Waals surface area contributed by atoms with E-state index in [0.717, 1.165) is 37.2 Å². The quantitative estimate of drug-likeness (QED) is 0.645. The Hall–Kier alpha value is -1.59. The third-order valence-corrected chi connectivity index (χ3v) is 2.94. The molecule has 0 aliphatic heterocycles. The van der Waals surface area contributed by atoms with Crippen molar-refractivity contribution in [1.82, 2.24) is 0 Å². The maximum atomic E-state index is 10.8. The fraction of sp³-hybridized carbons (Fsp3) is 0.533. The van der Waals surface area contributed by atoms with Gasteiger partial charge in [0.25, 0.3) is 0 Å². The zero-order valence-electron chi connectivity index (χ0n) is 12.1. The van der Waals surface area contributed by atoms with Gasteiger partial charge in [-0.1, -0.05) is 0 Å². The fourth-order valence-corrected chi connectivity index (χ4v) is 1.79. The zero-order valence-corrected chi connectivity index (χ0v) is 12.1. The van der Waals surface area contributed by atoms with Crippen molar-refractivity contribution in [2.75, 3.05) is 38.8 Å². The highest BCUT2D eigenvalue weighted by Gasteiger charge is 2.04. The van der Waals surface area contributed by atoms with Crippen LogP contribution in [0, 0.1) is 6.92 Å². The van der Waals surface area contributed by atoms with Gasteiger partial charge in [0.15, 0.2) is 0 Å². The van der Waals surface area contributed by atoms with Gasteiger partial charge in [0.2, 0.25) is 0 Å². The molecule has 0 heterocycles. The van der Waals surface area contributed by atoms with Crippen LogP contribution in [0.15, 0.2) is 18.2 Å². The molecular weight excluding hydrogens is 258 g/mol. The Labute approximate surface area is 119 Å². The summed E-state index contributed by atoms with van der Waals surface area (Å²) in [5.74, 6) is -0.896. The molecule has 20 heavy (non-hydrogen) atoms. The van der Waals surface area contributed by atoms with E-state index in [2.05, 4.69) is 5.32 Å². The molecule has 2 N–H and O–H groups in total. The Balaban J connectivity index is 2.20. The molecule has 5 nitrogen and oxygen atoms in total. The third kappa shape index (κ3) is 6.04. The van der Waals surface area contributed by atoms with Crippen LogP contribution in [0.4, 0.5) is 5.69 Å². The first kappa shape index (κ1) is 16.5. The number of carboxylic acids is 1. The summed E-state index contributed by atoms with van der Waals surface area (Å²) in [6, 6.07) is 5.11. The molecule has 0 spiro atoms. The summed E-state index contributed by atoms with van der Waals surface area (Å²) in [7, 11) is 1.66. The summed E-state index contributed by atoms with van der Waals surface area (Å²) >= 11 is 0. The van der Waals surface area contributed by atoms with Crippen LogP contribution >= 0.6 is 0 Å². The lowest BCUT2D eigenvalue weighted by molar-refractivity contribution is 0.0691. The van der Waals surface area contributed by atoms with Gasteiger partial charge in [-0.3, -0.25) is 0 Å². The van der Waals surface area contributed by atoms with E-state index in [1.165, 1.54) is 0 Å². The summed E-state index contributed by atoms with van der Waals surface area (Å²) in [4.78, 5) is 10.8. The van der Waals surface area contributed by atoms with E-state index in [-0.39, 0.29) is 0 Å². The highest BCUT2D eigenvalue weighted by Crippen LogP contribution is 2.16. The summed E-state index contributed by atoms with van der Waals surface area (Å²) in [6.45, 7) is 4.76. The van der Waals surface area contributed by atoms with Crippen molar-refractivity contribution in [3.8, 4) is 0 Å². The van der Waals surface area contributed by atoms with Crippen LogP contribution in [0.3, 0.4) is 0 Å². The monoisotopic (exact) mass is 281 g/mol. The second kappa shape index (κ2) is 9.34. The molecule has 0 saturated heterocycles. The van der Waals surface area contributed by atoms with E-state index in [9.17, 15) is 4.79 Å². The predicted molar refractivity (Wildman–Crippen MR) is 78.6 cm³/mol. The average molecular weight is 281 g/mol.